The van der Waals surface area contributed by atoms with Gasteiger partial charge in [0.05, 0.1) is 0 Å². The molecule has 2 fully saturated rings. The summed E-state index contributed by atoms with van der Waals surface area (Å²) in [5, 5.41) is 0. The molecule has 0 bridgehead atoms. The van der Waals surface area contributed by atoms with Crippen molar-refractivity contribution in [3.63, 3.8) is 0 Å². The lowest BCUT2D eigenvalue weighted by atomic mass is 10.1. The third-order valence-electron chi connectivity index (χ3n) is 5.45. The summed E-state index contributed by atoms with van der Waals surface area (Å²) in [5.41, 5.74) is 1.04. The van der Waals surface area contributed by atoms with Crippen LogP contribution in [-0.2, 0) is 16.1 Å². The Labute approximate surface area is 165 Å². The van der Waals surface area contributed by atoms with E-state index in [9.17, 15) is 9.59 Å². The molecule has 4 rings (SSSR count). The minimum absolute atomic E-state index is 0.0381. The van der Waals surface area contributed by atoms with Crippen molar-refractivity contribution in [3.8, 4) is 11.5 Å². The van der Waals surface area contributed by atoms with Crippen molar-refractivity contribution in [1.82, 2.24) is 9.80 Å². The van der Waals surface area contributed by atoms with Gasteiger partial charge >= 0.3 is 0 Å². The van der Waals surface area contributed by atoms with E-state index in [-0.39, 0.29) is 23.8 Å². The predicted octanol–water partition coefficient (Wildman–Crippen LogP) is 3.84. The van der Waals surface area contributed by atoms with Crippen LogP contribution in [0.1, 0.15) is 31.2 Å². The molecule has 2 aromatic rings. The van der Waals surface area contributed by atoms with Gasteiger partial charge in [-0.05, 0) is 55.5 Å². The topological polar surface area (TPSA) is 49.9 Å². The van der Waals surface area contributed by atoms with Crippen molar-refractivity contribution in [1.29, 1.82) is 0 Å². The summed E-state index contributed by atoms with van der Waals surface area (Å²) < 4.78 is 5.81. The Bertz CT molecular complexity index is 831. The van der Waals surface area contributed by atoms with Crippen LogP contribution < -0.4 is 4.74 Å². The van der Waals surface area contributed by atoms with Crippen molar-refractivity contribution in [2.45, 2.75) is 38.3 Å². The highest BCUT2D eigenvalue weighted by Crippen LogP contribution is 2.34. The monoisotopic (exact) mass is 378 g/mol. The Hall–Kier alpha value is -2.82. The van der Waals surface area contributed by atoms with Gasteiger partial charge < -0.3 is 14.5 Å². The van der Waals surface area contributed by atoms with E-state index in [2.05, 4.69) is 0 Å². The Balaban J connectivity index is 1.35. The first kappa shape index (κ1) is 18.5. The first-order valence-corrected chi connectivity index (χ1v) is 9.99. The van der Waals surface area contributed by atoms with Crippen LogP contribution in [0.15, 0.2) is 54.6 Å². The van der Waals surface area contributed by atoms with Crippen LogP contribution in [0.25, 0.3) is 0 Å². The molecule has 1 aliphatic heterocycles. The minimum Gasteiger partial charge on any atom is -0.457 e. The summed E-state index contributed by atoms with van der Waals surface area (Å²) in [7, 11) is 1.81. The SMILES string of the molecule is CN(Cc1ccc(Oc2ccccc2)cc1)C(=O)C1CCCN1C(=O)C1CC1. The van der Waals surface area contributed by atoms with Crippen molar-refractivity contribution < 1.29 is 14.3 Å². The second kappa shape index (κ2) is 8.05. The minimum atomic E-state index is -0.293. The van der Waals surface area contributed by atoms with Gasteiger partial charge in [0, 0.05) is 26.1 Å². The Morgan fingerprint density at radius 3 is 2.36 bits per heavy atom. The van der Waals surface area contributed by atoms with Gasteiger partial charge in [0.2, 0.25) is 11.8 Å². The summed E-state index contributed by atoms with van der Waals surface area (Å²) >= 11 is 0. The summed E-state index contributed by atoms with van der Waals surface area (Å²) in [6, 6.07) is 17.1. The fourth-order valence-corrected chi connectivity index (χ4v) is 3.75. The van der Waals surface area contributed by atoms with Gasteiger partial charge in [0.1, 0.15) is 17.5 Å². The Kier molecular flexibility index (Phi) is 5.33. The predicted molar refractivity (Wildman–Crippen MR) is 107 cm³/mol. The normalized spacial score (nSPS) is 18.8. The number of nitrogens with zero attached hydrogens (tertiary/aromatic N) is 2. The molecule has 1 unspecified atom stereocenters. The maximum absolute atomic E-state index is 12.9. The van der Waals surface area contributed by atoms with E-state index < -0.39 is 0 Å². The lowest BCUT2D eigenvalue weighted by molar-refractivity contribution is -0.144. The first-order chi connectivity index (χ1) is 13.6. The number of hydrogen-bond donors (Lipinski definition) is 0. The molecule has 0 spiro atoms. The second-order valence-corrected chi connectivity index (χ2v) is 7.72. The van der Waals surface area contributed by atoms with E-state index in [1.165, 1.54) is 0 Å². The second-order valence-electron chi connectivity index (χ2n) is 7.72. The fourth-order valence-electron chi connectivity index (χ4n) is 3.75. The molecule has 0 N–H and O–H groups in total. The zero-order chi connectivity index (χ0) is 19.5. The molecule has 5 nitrogen and oxygen atoms in total. The summed E-state index contributed by atoms with van der Waals surface area (Å²) in [6.45, 7) is 1.23. The van der Waals surface area contributed by atoms with Crippen molar-refractivity contribution in [2.24, 2.45) is 5.92 Å². The van der Waals surface area contributed by atoms with Crippen LogP contribution in [-0.4, -0.2) is 41.2 Å². The van der Waals surface area contributed by atoms with Crippen molar-refractivity contribution in [3.05, 3.63) is 60.2 Å². The highest BCUT2D eigenvalue weighted by Gasteiger charge is 2.41. The summed E-state index contributed by atoms with van der Waals surface area (Å²) in [4.78, 5) is 28.9. The number of hydrogen-bond acceptors (Lipinski definition) is 3. The van der Waals surface area contributed by atoms with Gasteiger partial charge in [-0.25, -0.2) is 0 Å². The molecule has 5 heteroatoms. The number of ether oxygens (including phenoxy) is 1. The molecule has 2 aliphatic rings. The molecule has 146 valence electrons. The number of rotatable bonds is 6. The van der Waals surface area contributed by atoms with Crippen LogP contribution in [0.5, 0.6) is 11.5 Å². The first-order valence-electron chi connectivity index (χ1n) is 9.99. The summed E-state index contributed by atoms with van der Waals surface area (Å²) in [6.07, 6.45) is 3.63. The van der Waals surface area contributed by atoms with E-state index >= 15 is 0 Å². The van der Waals surface area contributed by atoms with Crippen LogP contribution in [0.3, 0.4) is 0 Å². The van der Waals surface area contributed by atoms with Gasteiger partial charge in [-0.2, -0.15) is 0 Å². The molecule has 1 saturated carbocycles. The van der Waals surface area contributed by atoms with Gasteiger partial charge in [-0.1, -0.05) is 30.3 Å². The van der Waals surface area contributed by atoms with Crippen LogP contribution in [0, 0.1) is 5.92 Å². The number of carbonyl (C=O) groups is 2. The molecule has 1 atom stereocenters. The summed E-state index contributed by atoms with van der Waals surface area (Å²) in [5.74, 6) is 1.93. The van der Waals surface area contributed by atoms with E-state index in [1.54, 1.807) is 4.90 Å². The van der Waals surface area contributed by atoms with Gasteiger partial charge in [-0.15, -0.1) is 0 Å². The van der Waals surface area contributed by atoms with Gasteiger partial charge in [0.25, 0.3) is 0 Å². The van der Waals surface area contributed by atoms with Gasteiger partial charge in [-0.3, -0.25) is 9.59 Å². The number of carbonyl (C=O) groups excluding carboxylic acids is 2. The smallest absolute Gasteiger partial charge is 0.245 e. The quantitative estimate of drug-likeness (QED) is 0.767. The molecule has 2 aromatic carbocycles. The number of likely N-dealkylation sites (N-methyl/N-ethyl adjacent to an activating group) is 1. The van der Waals surface area contributed by atoms with Gasteiger partial charge in [0.15, 0.2) is 0 Å². The van der Waals surface area contributed by atoms with E-state index in [0.29, 0.717) is 13.1 Å². The Morgan fingerprint density at radius 2 is 1.68 bits per heavy atom. The third-order valence-corrected chi connectivity index (χ3v) is 5.45. The molecule has 0 aromatic heterocycles. The van der Waals surface area contributed by atoms with Crippen LogP contribution >= 0.6 is 0 Å². The van der Waals surface area contributed by atoms with Crippen LogP contribution in [0.4, 0.5) is 0 Å². The molecular weight excluding hydrogens is 352 g/mol. The average molecular weight is 378 g/mol. The number of likely N-dealkylation sites (tertiary alicyclic amines) is 1. The molecule has 1 heterocycles. The zero-order valence-corrected chi connectivity index (χ0v) is 16.2. The largest absolute Gasteiger partial charge is 0.457 e. The molecule has 0 radical (unpaired) electrons. The van der Waals surface area contributed by atoms with Crippen LogP contribution in [0.2, 0.25) is 0 Å². The molecule has 1 aliphatic carbocycles. The standard InChI is InChI=1S/C23H26N2O3/c1-24(23(27)21-8-5-15-25(21)22(26)18-11-12-18)16-17-9-13-20(14-10-17)28-19-6-3-2-4-7-19/h2-4,6-7,9-10,13-14,18,21H,5,8,11-12,15-16H2,1H3. The lowest BCUT2D eigenvalue weighted by Gasteiger charge is -2.28. The number of para-hydroxylation sites is 1. The highest BCUT2D eigenvalue weighted by atomic mass is 16.5. The van der Waals surface area contributed by atoms with E-state index in [4.69, 9.17) is 4.74 Å². The number of benzene rings is 2. The fraction of sp³-hybridized carbons (Fsp3) is 0.391. The van der Waals surface area contributed by atoms with E-state index in [1.807, 2.05) is 66.5 Å². The van der Waals surface area contributed by atoms with E-state index in [0.717, 1.165) is 42.7 Å². The molecule has 1 saturated heterocycles. The van der Waals surface area contributed by atoms with Crippen molar-refractivity contribution in [2.75, 3.05) is 13.6 Å². The highest BCUT2D eigenvalue weighted by molar-refractivity contribution is 5.89. The number of amides is 2. The Morgan fingerprint density at radius 1 is 1.00 bits per heavy atom. The molecular formula is C23H26N2O3. The molecule has 2 amide bonds. The molecule has 28 heavy (non-hydrogen) atoms. The maximum atomic E-state index is 12.9. The lowest BCUT2D eigenvalue weighted by Crippen LogP contribution is -2.46. The zero-order valence-electron chi connectivity index (χ0n) is 16.2. The van der Waals surface area contributed by atoms with Crippen molar-refractivity contribution >= 4 is 11.8 Å². The third kappa shape index (κ3) is 4.19. The maximum Gasteiger partial charge on any atom is 0.245 e. The average Bonchev–Trinajstić information content (AvgIpc) is 3.45.